The number of nitrogens with one attached hydrogen (secondary N) is 1. The van der Waals surface area contributed by atoms with Crippen LogP contribution in [0.25, 0.3) is 0 Å². The van der Waals surface area contributed by atoms with Crippen molar-refractivity contribution in [3.05, 3.63) is 52.5 Å². The second-order valence-electron chi connectivity index (χ2n) is 8.25. The van der Waals surface area contributed by atoms with Gasteiger partial charge in [-0.2, -0.15) is 11.8 Å². The van der Waals surface area contributed by atoms with E-state index in [2.05, 4.69) is 22.3 Å². The van der Waals surface area contributed by atoms with Crippen LogP contribution in [-0.2, 0) is 16.1 Å². The summed E-state index contributed by atoms with van der Waals surface area (Å²) in [6, 6.07) is 11.4. The Bertz CT molecular complexity index is 1010. The molecule has 4 rings (SSSR count). The van der Waals surface area contributed by atoms with Crippen LogP contribution in [0.1, 0.15) is 17.5 Å². The summed E-state index contributed by atoms with van der Waals surface area (Å²) < 4.78 is 5.39. The molecule has 6 nitrogen and oxygen atoms in total. The summed E-state index contributed by atoms with van der Waals surface area (Å²) in [7, 11) is 1.55. The van der Waals surface area contributed by atoms with Gasteiger partial charge in [-0.15, -0.1) is 0 Å². The molecule has 32 heavy (non-hydrogen) atoms. The van der Waals surface area contributed by atoms with Gasteiger partial charge >= 0.3 is 0 Å². The molecule has 2 heterocycles. The number of methoxy groups -OCH3 is 1. The minimum absolute atomic E-state index is 0.112. The van der Waals surface area contributed by atoms with Crippen molar-refractivity contribution < 1.29 is 14.3 Å². The Labute approximate surface area is 198 Å². The standard InChI is InChI=1S/C24H28ClN3O3S/c1-16-3-4-17(14-27-7-9-32-10-8-27)11-20(16)26-24(30)18-12-23(29)28(15-18)21-13-19(25)5-6-22(21)31-2/h3-6,11,13,18H,7-10,12,14-15H2,1-2H3,(H,26,30). The maximum atomic E-state index is 13.1. The number of hydrogen-bond acceptors (Lipinski definition) is 5. The molecular formula is C24H28ClN3O3S. The van der Waals surface area contributed by atoms with Gasteiger partial charge in [-0.25, -0.2) is 0 Å². The van der Waals surface area contributed by atoms with E-state index in [0.717, 1.165) is 30.9 Å². The number of rotatable bonds is 6. The van der Waals surface area contributed by atoms with E-state index >= 15 is 0 Å². The molecule has 2 amide bonds. The topological polar surface area (TPSA) is 61.9 Å². The summed E-state index contributed by atoms with van der Waals surface area (Å²) in [6.07, 6.45) is 0.158. The van der Waals surface area contributed by atoms with Crippen molar-refractivity contribution in [1.29, 1.82) is 0 Å². The Balaban J connectivity index is 1.45. The van der Waals surface area contributed by atoms with E-state index in [9.17, 15) is 9.59 Å². The van der Waals surface area contributed by atoms with Crippen LogP contribution < -0.4 is 15.0 Å². The molecule has 0 bridgehead atoms. The fourth-order valence-corrected chi connectivity index (χ4v) is 5.29. The molecule has 0 spiro atoms. The van der Waals surface area contributed by atoms with Crippen LogP contribution >= 0.6 is 23.4 Å². The maximum Gasteiger partial charge on any atom is 0.229 e. The highest BCUT2D eigenvalue weighted by Crippen LogP contribution is 2.35. The summed E-state index contributed by atoms with van der Waals surface area (Å²) in [5.74, 6) is 2.20. The molecule has 8 heteroatoms. The summed E-state index contributed by atoms with van der Waals surface area (Å²) in [6.45, 7) is 5.35. The highest BCUT2D eigenvalue weighted by molar-refractivity contribution is 7.99. The van der Waals surface area contributed by atoms with Crippen molar-refractivity contribution in [1.82, 2.24) is 4.90 Å². The number of benzene rings is 2. The van der Waals surface area contributed by atoms with Crippen LogP contribution in [0.3, 0.4) is 0 Å². The largest absolute Gasteiger partial charge is 0.495 e. The maximum absolute atomic E-state index is 13.1. The molecule has 2 aromatic carbocycles. The van der Waals surface area contributed by atoms with E-state index in [1.165, 1.54) is 17.1 Å². The molecule has 0 aromatic heterocycles. The van der Waals surface area contributed by atoms with E-state index in [-0.39, 0.29) is 18.2 Å². The number of amides is 2. The molecule has 1 unspecified atom stereocenters. The monoisotopic (exact) mass is 473 g/mol. The molecule has 2 fully saturated rings. The normalized spacial score (nSPS) is 19.3. The first-order chi connectivity index (χ1) is 15.4. The van der Waals surface area contributed by atoms with E-state index in [4.69, 9.17) is 16.3 Å². The van der Waals surface area contributed by atoms with E-state index in [0.29, 0.717) is 23.0 Å². The van der Waals surface area contributed by atoms with Gasteiger partial charge in [0, 0.05) is 54.8 Å². The summed E-state index contributed by atoms with van der Waals surface area (Å²) >= 11 is 8.12. The second kappa shape index (κ2) is 10.1. The van der Waals surface area contributed by atoms with Gasteiger partial charge in [-0.3, -0.25) is 14.5 Å². The molecule has 2 saturated heterocycles. The van der Waals surface area contributed by atoms with Crippen LogP contribution in [0.5, 0.6) is 5.75 Å². The van der Waals surface area contributed by atoms with Crippen LogP contribution in [0, 0.1) is 12.8 Å². The van der Waals surface area contributed by atoms with Crippen LogP contribution in [-0.4, -0.2) is 55.0 Å². The molecule has 1 N–H and O–H groups in total. The van der Waals surface area contributed by atoms with Gasteiger partial charge < -0.3 is 15.0 Å². The number of carbonyl (C=O) groups excluding carboxylic acids is 2. The van der Waals surface area contributed by atoms with Crippen molar-refractivity contribution in [2.45, 2.75) is 19.9 Å². The van der Waals surface area contributed by atoms with Crippen LogP contribution in [0.4, 0.5) is 11.4 Å². The number of carbonyl (C=O) groups is 2. The number of hydrogen-bond donors (Lipinski definition) is 1. The number of halogens is 1. The predicted molar refractivity (Wildman–Crippen MR) is 131 cm³/mol. The summed E-state index contributed by atoms with van der Waals surface area (Å²) in [5.41, 5.74) is 3.60. The van der Waals surface area contributed by atoms with Crippen molar-refractivity contribution >= 4 is 46.6 Å². The highest BCUT2D eigenvalue weighted by atomic mass is 35.5. The van der Waals surface area contributed by atoms with Crippen molar-refractivity contribution in [2.24, 2.45) is 5.92 Å². The van der Waals surface area contributed by atoms with Gasteiger partial charge in [0.15, 0.2) is 0 Å². The fourth-order valence-electron chi connectivity index (χ4n) is 4.14. The second-order valence-corrected chi connectivity index (χ2v) is 9.91. The molecule has 0 radical (unpaired) electrons. The van der Waals surface area contributed by atoms with Crippen LogP contribution in [0.15, 0.2) is 36.4 Å². The van der Waals surface area contributed by atoms with Gasteiger partial charge in [-0.05, 0) is 42.3 Å². The van der Waals surface area contributed by atoms with Gasteiger partial charge in [0.25, 0.3) is 0 Å². The van der Waals surface area contributed by atoms with Crippen LogP contribution in [0.2, 0.25) is 5.02 Å². The van der Waals surface area contributed by atoms with E-state index in [1.54, 1.807) is 30.2 Å². The number of nitrogens with zero attached hydrogens (tertiary/aromatic N) is 2. The Morgan fingerprint density at radius 1 is 1.22 bits per heavy atom. The lowest BCUT2D eigenvalue weighted by atomic mass is 10.1. The summed E-state index contributed by atoms with van der Waals surface area (Å²) in [4.78, 5) is 29.8. The highest BCUT2D eigenvalue weighted by Gasteiger charge is 2.36. The van der Waals surface area contributed by atoms with E-state index < -0.39 is 5.92 Å². The molecule has 170 valence electrons. The first-order valence-electron chi connectivity index (χ1n) is 10.8. The molecule has 1 atom stereocenters. The third kappa shape index (κ3) is 5.22. The third-order valence-corrected chi connectivity index (χ3v) is 7.17. The fraction of sp³-hybridized carbons (Fsp3) is 0.417. The number of anilines is 2. The third-order valence-electron chi connectivity index (χ3n) is 6.00. The van der Waals surface area contributed by atoms with Gasteiger partial charge in [0.1, 0.15) is 5.75 Å². The lowest BCUT2D eigenvalue weighted by Crippen LogP contribution is -2.32. The van der Waals surface area contributed by atoms with Crippen molar-refractivity contribution in [2.75, 3.05) is 48.5 Å². The van der Waals surface area contributed by atoms with Crippen molar-refractivity contribution in [3.8, 4) is 5.75 Å². The zero-order valence-corrected chi connectivity index (χ0v) is 20.0. The minimum Gasteiger partial charge on any atom is -0.495 e. The molecule has 2 aromatic rings. The Hall–Kier alpha value is -2.22. The molecular weight excluding hydrogens is 446 g/mol. The van der Waals surface area contributed by atoms with E-state index in [1.807, 2.05) is 24.8 Å². The SMILES string of the molecule is COc1ccc(Cl)cc1N1CC(C(=O)Nc2cc(CN3CCSCC3)ccc2C)CC1=O. The number of ether oxygens (including phenoxy) is 1. The number of aryl methyl sites for hydroxylation is 1. The summed E-state index contributed by atoms with van der Waals surface area (Å²) in [5, 5.41) is 3.58. The zero-order valence-electron chi connectivity index (χ0n) is 18.4. The Morgan fingerprint density at radius 3 is 2.75 bits per heavy atom. The predicted octanol–water partition coefficient (Wildman–Crippen LogP) is 4.20. The molecule has 2 aliphatic heterocycles. The Morgan fingerprint density at radius 2 is 2.00 bits per heavy atom. The molecule has 0 aliphatic carbocycles. The lowest BCUT2D eigenvalue weighted by molar-refractivity contribution is -0.122. The molecule has 2 aliphatic rings. The average molecular weight is 474 g/mol. The van der Waals surface area contributed by atoms with Gasteiger partial charge in [0.05, 0.1) is 18.7 Å². The van der Waals surface area contributed by atoms with Crippen molar-refractivity contribution in [3.63, 3.8) is 0 Å². The first kappa shape index (κ1) is 23.0. The smallest absolute Gasteiger partial charge is 0.229 e. The Kier molecular flexibility index (Phi) is 7.28. The van der Waals surface area contributed by atoms with Gasteiger partial charge in [-0.1, -0.05) is 23.7 Å². The zero-order chi connectivity index (χ0) is 22.7. The lowest BCUT2D eigenvalue weighted by Gasteiger charge is -2.26. The molecule has 0 saturated carbocycles. The first-order valence-corrected chi connectivity index (χ1v) is 12.3. The number of thioether (sulfide) groups is 1. The minimum atomic E-state index is -0.437. The van der Waals surface area contributed by atoms with Gasteiger partial charge in [0.2, 0.25) is 11.8 Å². The quantitative estimate of drug-likeness (QED) is 0.681. The average Bonchev–Trinajstić information content (AvgIpc) is 3.18.